The monoisotopic (exact) mass is 793 g/mol. The van der Waals surface area contributed by atoms with Gasteiger partial charge in [0.05, 0.1) is 12.7 Å². The van der Waals surface area contributed by atoms with Crippen molar-refractivity contribution in [1.82, 2.24) is 31.5 Å². The highest BCUT2D eigenvalue weighted by Crippen LogP contribution is 2.20. The first-order valence-electron chi connectivity index (χ1n) is 18.5. The number of carboxylic acid groups (broad SMARTS) is 1. The van der Waals surface area contributed by atoms with Gasteiger partial charge in [-0.3, -0.25) is 28.8 Å². The van der Waals surface area contributed by atoms with E-state index in [2.05, 4.69) is 26.6 Å². The molecule has 55 heavy (non-hydrogen) atoms. The number of hydrogen-bond acceptors (Lipinski definition) is 11. The van der Waals surface area contributed by atoms with Gasteiger partial charge in [0.15, 0.2) is 0 Å². The van der Waals surface area contributed by atoms with Crippen molar-refractivity contribution in [1.29, 1.82) is 0 Å². The van der Waals surface area contributed by atoms with Crippen molar-refractivity contribution in [2.24, 2.45) is 17.6 Å². The summed E-state index contributed by atoms with van der Waals surface area (Å²) in [5.74, 6) is -5.72. The van der Waals surface area contributed by atoms with Gasteiger partial charge in [0, 0.05) is 13.0 Å². The molecule has 2 rings (SSSR count). The summed E-state index contributed by atoms with van der Waals surface area (Å²) < 4.78 is 0. The molecule has 1 heterocycles. The van der Waals surface area contributed by atoms with E-state index in [4.69, 9.17) is 5.73 Å². The third-order valence-electron chi connectivity index (χ3n) is 9.19. The summed E-state index contributed by atoms with van der Waals surface area (Å²) >= 11 is 1.44. The number of rotatable bonds is 22. The van der Waals surface area contributed by atoms with Crippen molar-refractivity contribution in [3.63, 3.8) is 0 Å². The Morgan fingerprint density at radius 3 is 1.93 bits per heavy atom. The predicted molar refractivity (Wildman–Crippen MR) is 206 cm³/mol. The summed E-state index contributed by atoms with van der Waals surface area (Å²) in [4.78, 5) is 93.7. The molecular formula is C37H59N7O10S. The fourth-order valence-corrected chi connectivity index (χ4v) is 6.49. The molecule has 0 radical (unpaired) electrons. The number of nitrogens with two attached hydrogens (primary N) is 1. The predicted octanol–water partition coefficient (Wildman–Crippen LogP) is -1.12. The SMILES string of the molecule is CSCC[C@H](NC(=O)[C@@H](N)[C@@H](C)O)C(=O)N[C@H](C(=O)N[C@@H](CC(C)C)C(=O)N[C@@H](CO)C(=O)N[C@@H](Cc1ccccc1)C(=O)N1CCC[C@H]1C(=O)O)C(C)C. The van der Waals surface area contributed by atoms with E-state index in [-0.39, 0.29) is 38.1 Å². The zero-order valence-electron chi connectivity index (χ0n) is 32.4. The van der Waals surface area contributed by atoms with Gasteiger partial charge in [-0.05, 0) is 62.0 Å². The molecule has 8 atom stereocenters. The molecular weight excluding hydrogens is 735 g/mol. The summed E-state index contributed by atoms with van der Waals surface area (Å²) in [5.41, 5.74) is 6.44. The van der Waals surface area contributed by atoms with Crippen molar-refractivity contribution in [2.45, 2.75) is 115 Å². The minimum Gasteiger partial charge on any atom is -0.480 e. The van der Waals surface area contributed by atoms with Crippen LogP contribution in [0.15, 0.2) is 30.3 Å². The number of thioether (sulfide) groups is 1. The molecule has 0 aromatic heterocycles. The molecule has 0 bridgehead atoms. The Hall–Kier alpha value is -4.26. The number of nitrogens with zero attached hydrogens (tertiary/aromatic N) is 1. The molecule has 1 fully saturated rings. The van der Waals surface area contributed by atoms with Crippen molar-refractivity contribution in [3.8, 4) is 0 Å². The van der Waals surface area contributed by atoms with Crippen molar-refractivity contribution in [2.75, 3.05) is 25.2 Å². The van der Waals surface area contributed by atoms with Crippen LogP contribution in [0.1, 0.15) is 65.9 Å². The largest absolute Gasteiger partial charge is 0.480 e. The van der Waals surface area contributed by atoms with Crippen molar-refractivity contribution >= 4 is 53.2 Å². The highest BCUT2D eigenvalue weighted by atomic mass is 32.2. The van der Waals surface area contributed by atoms with Crippen LogP contribution >= 0.6 is 11.8 Å². The average molecular weight is 794 g/mol. The van der Waals surface area contributed by atoms with Crippen LogP contribution in [0.3, 0.4) is 0 Å². The molecule has 0 unspecified atom stereocenters. The molecule has 0 saturated carbocycles. The van der Waals surface area contributed by atoms with E-state index in [1.807, 2.05) is 20.1 Å². The van der Waals surface area contributed by atoms with Crippen LogP contribution in [0, 0.1) is 11.8 Å². The van der Waals surface area contributed by atoms with E-state index in [9.17, 15) is 48.9 Å². The zero-order valence-corrected chi connectivity index (χ0v) is 33.3. The molecule has 308 valence electrons. The number of aliphatic carboxylic acids is 1. The number of amides is 6. The maximum Gasteiger partial charge on any atom is 0.326 e. The molecule has 1 aromatic carbocycles. The van der Waals surface area contributed by atoms with Crippen molar-refractivity contribution in [3.05, 3.63) is 35.9 Å². The Morgan fingerprint density at radius 1 is 0.818 bits per heavy atom. The zero-order chi connectivity index (χ0) is 41.4. The van der Waals surface area contributed by atoms with E-state index in [1.165, 1.54) is 23.6 Å². The molecule has 6 amide bonds. The standard InChI is InChI=1S/C37H59N7O10S/c1-20(2)17-25(40-35(51)30(21(3)4)43-31(47)24(14-16-55-6)39-34(50)29(38)22(5)46)32(48)42-27(19-45)33(49)41-26(18-23-11-8-7-9-12-23)36(52)44-15-10-13-28(44)37(53)54/h7-9,11-12,20-22,24-30,45-46H,10,13-19,38H2,1-6H3,(H,39,50)(H,40,51)(H,41,49)(H,42,48)(H,43,47)(H,53,54)/t22-,24+,25+,26+,27+,28+,29+,30+/m1/s1. The minimum atomic E-state index is -1.55. The molecule has 10 N–H and O–H groups in total. The fraction of sp³-hybridized carbons (Fsp3) is 0.649. The molecule has 18 heteroatoms. The molecule has 1 aliphatic rings. The molecule has 17 nitrogen and oxygen atoms in total. The number of benzene rings is 1. The minimum absolute atomic E-state index is 0.0177. The number of likely N-dealkylation sites (tertiary alicyclic amines) is 1. The number of carbonyl (C=O) groups is 7. The Labute approximate surface area is 326 Å². The second kappa shape index (κ2) is 23.0. The van der Waals surface area contributed by atoms with Crippen LogP contribution < -0.4 is 32.3 Å². The summed E-state index contributed by atoms with van der Waals surface area (Å²) in [6.07, 6.45) is 1.73. The van der Waals surface area contributed by atoms with Crippen LogP contribution in [-0.4, -0.2) is 135 Å². The van der Waals surface area contributed by atoms with E-state index in [0.717, 1.165) is 0 Å². The second-order valence-corrected chi connectivity index (χ2v) is 15.5. The summed E-state index contributed by atoms with van der Waals surface area (Å²) in [6, 6.07) is 0.235. The Kier molecular flexibility index (Phi) is 19.6. The Morgan fingerprint density at radius 2 is 1.38 bits per heavy atom. The van der Waals surface area contributed by atoms with Gasteiger partial charge in [0.2, 0.25) is 35.4 Å². The van der Waals surface area contributed by atoms with E-state index in [0.29, 0.717) is 17.7 Å². The third-order valence-corrected chi connectivity index (χ3v) is 9.83. The summed E-state index contributed by atoms with van der Waals surface area (Å²) in [7, 11) is 0. The number of carboxylic acids is 1. The quantitative estimate of drug-likeness (QED) is 0.0676. The highest BCUT2D eigenvalue weighted by molar-refractivity contribution is 7.98. The number of aliphatic hydroxyl groups is 2. The topological polar surface area (TPSA) is 270 Å². The lowest BCUT2D eigenvalue weighted by molar-refractivity contribution is -0.149. The average Bonchev–Trinajstić information content (AvgIpc) is 3.63. The van der Waals surface area contributed by atoms with Crippen LogP contribution in [0.5, 0.6) is 0 Å². The van der Waals surface area contributed by atoms with E-state index in [1.54, 1.807) is 44.2 Å². The van der Waals surface area contributed by atoms with Gasteiger partial charge in [-0.1, -0.05) is 58.0 Å². The van der Waals surface area contributed by atoms with Crippen molar-refractivity contribution < 1.29 is 48.9 Å². The first-order valence-corrected chi connectivity index (χ1v) is 19.9. The lowest BCUT2D eigenvalue weighted by Crippen LogP contribution is -2.61. The van der Waals surface area contributed by atoms with Gasteiger partial charge in [0.1, 0.15) is 42.3 Å². The first kappa shape index (κ1) is 46.9. The fourth-order valence-electron chi connectivity index (χ4n) is 6.02. The van der Waals surface area contributed by atoms with E-state index < -0.39 is 102 Å². The highest BCUT2D eigenvalue weighted by Gasteiger charge is 2.39. The van der Waals surface area contributed by atoms with Crippen LogP contribution in [-0.2, 0) is 40.0 Å². The van der Waals surface area contributed by atoms with Gasteiger partial charge in [-0.2, -0.15) is 11.8 Å². The van der Waals surface area contributed by atoms with Gasteiger partial charge in [-0.25, -0.2) is 4.79 Å². The maximum atomic E-state index is 13.7. The summed E-state index contributed by atoms with van der Waals surface area (Å²) in [6.45, 7) is 7.65. The van der Waals surface area contributed by atoms with Gasteiger partial charge < -0.3 is 52.5 Å². The smallest absolute Gasteiger partial charge is 0.326 e. The lowest BCUT2D eigenvalue weighted by atomic mass is 9.99. The molecule has 1 aromatic rings. The van der Waals surface area contributed by atoms with Crippen LogP contribution in [0.25, 0.3) is 0 Å². The number of nitrogens with one attached hydrogen (secondary N) is 5. The molecule has 0 spiro atoms. The third kappa shape index (κ3) is 14.7. The number of carbonyl (C=O) groups excluding carboxylic acids is 6. The van der Waals surface area contributed by atoms with Crippen LogP contribution in [0.4, 0.5) is 0 Å². The number of aliphatic hydroxyl groups excluding tert-OH is 2. The molecule has 0 aliphatic carbocycles. The van der Waals surface area contributed by atoms with Gasteiger partial charge in [0.25, 0.3) is 0 Å². The normalized spacial score (nSPS) is 17.9. The lowest BCUT2D eigenvalue weighted by Gasteiger charge is -2.30. The van der Waals surface area contributed by atoms with Crippen LogP contribution in [0.2, 0.25) is 0 Å². The summed E-state index contributed by atoms with van der Waals surface area (Å²) in [5, 5.41) is 42.6. The first-order chi connectivity index (χ1) is 25.9. The Bertz CT molecular complexity index is 1460. The molecule has 1 aliphatic heterocycles. The van der Waals surface area contributed by atoms with E-state index >= 15 is 0 Å². The maximum absolute atomic E-state index is 13.7. The number of hydrogen-bond donors (Lipinski definition) is 9. The van der Waals surface area contributed by atoms with Gasteiger partial charge >= 0.3 is 5.97 Å². The molecule has 1 saturated heterocycles. The second-order valence-electron chi connectivity index (χ2n) is 14.6. The van der Waals surface area contributed by atoms with Gasteiger partial charge in [-0.15, -0.1) is 0 Å². The Balaban J connectivity index is 2.25.